The summed E-state index contributed by atoms with van der Waals surface area (Å²) in [6.45, 7) is 9.83. The summed E-state index contributed by atoms with van der Waals surface area (Å²) in [5.74, 6) is -0.304. The standard InChI is InChI=1S/C22H22N4O3S4/c1-5-12-25-19(27)18(20-26(14(3)15(4)31-20)21-23-11-13-30-21)32-22(25)24-33(28,29)17-9-7-16(6-2)8-10-17/h5,7-11,13H,1,6,12H2,2-4H3/b20-18+,24-22-. The van der Waals surface area contributed by atoms with Gasteiger partial charge in [-0.05, 0) is 49.7 Å². The largest absolute Gasteiger partial charge is 0.284 e. The van der Waals surface area contributed by atoms with Crippen molar-refractivity contribution in [3.63, 3.8) is 0 Å². The molecule has 0 unspecified atom stereocenters. The molecule has 3 heterocycles. The molecule has 1 amide bonds. The average Bonchev–Trinajstić information content (AvgIpc) is 3.49. The Labute approximate surface area is 206 Å². The first kappa shape index (κ1) is 23.8. The molecule has 1 saturated heterocycles. The highest BCUT2D eigenvalue weighted by atomic mass is 32.2. The van der Waals surface area contributed by atoms with E-state index >= 15 is 0 Å². The van der Waals surface area contributed by atoms with Crippen LogP contribution in [0.4, 0.5) is 5.13 Å². The van der Waals surface area contributed by atoms with Crippen molar-refractivity contribution in [2.75, 3.05) is 11.4 Å². The van der Waals surface area contributed by atoms with Gasteiger partial charge in [0.1, 0.15) is 9.93 Å². The Bertz CT molecular complexity index is 1290. The number of hydrogen-bond acceptors (Lipinski definition) is 8. The fourth-order valence-electron chi connectivity index (χ4n) is 3.22. The number of rotatable bonds is 6. The molecule has 2 aromatic rings. The van der Waals surface area contributed by atoms with Crippen molar-refractivity contribution < 1.29 is 13.2 Å². The van der Waals surface area contributed by atoms with Gasteiger partial charge in [0.15, 0.2) is 10.3 Å². The minimum atomic E-state index is -3.99. The number of allylic oxidation sites excluding steroid dienone is 2. The van der Waals surface area contributed by atoms with Gasteiger partial charge in [-0.25, -0.2) is 4.98 Å². The third kappa shape index (κ3) is 4.54. The van der Waals surface area contributed by atoms with Gasteiger partial charge in [0.05, 0.1) is 4.90 Å². The van der Waals surface area contributed by atoms with E-state index in [9.17, 15) is 13.2 Å². The molecule has 0 N–H and O–H groups in total. The van der Waals surface area contributed by atoms with Crippen molar-refractivity contribution in [1.82, 2.24) is 9.88 Å². The summed E-state index contributed by atoms with van der Waals surface area (Å²) >= 11 is 4.01. The van der Waals surface area contributed by atoms with E-state index in [4.69, 9.17) is 0 Å². The molecule has 33 heavy (non-hydrogen) atoms. The Hall–Kier alpha value is -2.34. The number of hydrogen-bond donors (Lipinski definition) is 0. The number of amides is 1. The summed E-state index contributed by atoms with van der Waals surface area (Å²) in [5, 5.41) is 3.44. The molecule has 1 aromatic heterocycles. The van der Waals surface area contributed by atoms with Crippen LogP contribution in [0.3, 0.4) is 0 Å². The van der Waals surface area contributed by atoms with Crippen LogP contribution >= 0.6 is 34.9 Å². The molecule has 0 aliphatic carbocycles. The lowest BCUT2D eigenvalue weighted by Gasteiger charge is -2.19. The zero-order valence-corrected chi connectivity index (χ0v) is 21.6. The Morgan fingerprint density at radius 1 is 1.18 bits per heavy atom. The zero-order valence-electron chi connectivity index (χ0n) is 18.3. The van der Waals surface area contributed by atoms with Crippen LogP contribution in [0.2, 0.25) is 0 Å². The first-order valence-electron chi connectivity index (χ1n) is 10.1. The Morgan fingerprint density at radius 3 is 2.52 bits per heavy atom. The zero-order chi connectivity index (χ0) is 23.8. The molecule has 0 saturated carbocycles. The van der Waals surface area contributed by atoms with Gasteiger partial charge in [0.25, 0.3) is 15.9 Å². The van der Waals surface area contributed by atoms with E-state index in [1.54, 1.807) is 36.5 Å². The fourth-order valence-corrected chi connectivity index (χ4v) is 7.41. The van der Waals surface area contributed by atoms with Gasteiger partial charge >= 0.3 is 0 Å². The van der Waals surface area contributed by atoms with Crippen molar-refractivity contribution in [2.24, 2.45) is 4.40 Å². The highest BCUT2D eigenvalue weighted by molar-refractivity contribution is 8.20. The Morgan fingerprint density at radius 2 is 1.91 bits per heavy atom. The fraction of sp³-hybridized carbons (Fsp3) is 0.227. The summed E-state index contributed by atoms with van der Waals surface area (Å²) < 4.78 is 30.1. The van der Waals surface area contributed by atoms with Gasteiger partial charge < -0.3 is 0 Å². The molecule has 2 aliphatic rings. The Balaban J connectivity index is 1.77. The maximum atomic E-state index is 13.4. The summed E-state index contributed by atoms with van der Waals surface area (Å²) in [4.78, 5) is 22.6. The number of aryl methyl sites for hydroxylation is 1. The quantitative estimate of drug-likeness (QED) is 0.385. The predicted molar refractivity (Wildman–Crippen MR) is 138 cm³/mol. The number of carbonyl (C=O) groups is 1. The van der Waals surface area contributed by atoms with Gasteiger partial charge in [-0.2, -0.15) is 8.42 Å². The monoisotopic (exact) mass is 518 g/mol. The van der Waals surface area contributed by atoms with Crippen LogP contribution in [0.15, 0.2) is 78.3 Å². The molecule has 1 aromatic carbocycles. The number of benzene rings is 1. The van der Waals surface area contributed by atoms with Gasteiger partial charge in [-0.15, -0.1) is 22.3 Å². The highest BCUT2D eigenvalue weighted by Crippen LogP contribution is 2.49. The van der Waals surface area contributed by atoms with E-state index in [1.165, 1.54) is 28.0 Å². The first-order valence-corrected chi connectivity index (χ1v) is 14.1. The highest BCUT2D eigenvalue weighted by Gasteiger charge is 2.40. The third-order valence-corrected chi connectivity index (χ3v) is 9.64. The molecule has 0 bridgehead atoms. The molecule has 0 atom stereocenters. The van der Waals surface area contributed by atoms with E-state index < -0.39 is 10.0 Å². The van der Waals surface area contributed by atoms with Crippen LogP contribution in [0.5, 0.6) is 0 Å². The van der Waals surface area contributed by atoms with E-state index in [0.717, 1.165) is 39.5 Å². The van der Waals surface area contributed by atoms with Crippen LogP contribution in [0.1, 0.15) is 26.3 Å². The second-order valence-corrected chi connectivity index (χ2v) is 11.8. The maximum Gasteiger partial charge on any atom is 0.284 e. The molecule has 11 heteroatoms. The maximum absolute atomic E-state index is 13.4. The molecular weight excluding hydrogens is 497 g/mol. The summed E-state index contributed by atoms with van der Waals surface area (Å²) in [6.07, 6.45) is 4.08. The summed E-state index contributed by atoms with van der Waals surface area (Å²) in [7, 11) is -3.99. The predicted octanol–water partition coefficient (Wildman–Crippen LogP) is 5.19. The number of aromatic nitrogens is 1. The van der Waals surface area contributed by atoms with Gasteiger partial charge in [0, 0.05) is 28.7 Å². The van der Waals surface area contributed by atoms with Crippen LogP contribution in [0, 0.1) is 0 Å². The van der Waals surface area contributed by atoms with Crippen molar-refractivity contribution >= 4 is 61.1 Å². The number of thioether (sulfide) groups is 2. The number of sulfonamides is 1. The lowest BCUT2D eigenvalue weighted by Crippen LogP contribution is -2.30. The molecule has 2 aliphatic heterocycles. The van der Waals surface area contributed by atoms with Crippen LogP contribution in [-0.2, 0) is 21.2 Å². The smallest absolute Gasteiger partial charge is 0.282 e. The van der Waals surface area contributed by atoms with Gasteiger partial charge in [-0.1, -0.05) is 36.9 Å². The lowest BCUT2D eigenvalue weighted by atomic mass is 10.2. The van der Waals surface area contributed by atoms with Crippen molar-refractivity contribution in [1.29, 1.82) is 0 Å². The SMILES string of the molecule is C=CCN1C(=O)/C(=C2\SC(C)=C(C)N2c2nccs2)S/C1=N\S(=O)(=O)c1ccc(CC)cc1. The van der Waals surface area contributed by atoms with Crippen molar-refractivity contribution in [2.45, 2.75) is 32.1 Å². The number of carbonyl (C=O) groups excluding carboxylic acids is 1. The first-order chi connectivity index (χ1) is 15.8. The summed E-state index contributed by atoms with van der Waals surface area (Å²) in [5.41, 5.74) is 2.02. The van der Waals surface area contributed by atoms with Crippen molar-refractivity contribution in [3.05, 3.63) is 74.6 Å². The number of nitrogens with zero attached hydrogens (tertiary/aromatic N) is 4. The third-order valence-electron chi connectivity index (χ3n) is 5.11. The minimum absolute atomic E-state index is 0.0907. The molecule has 4 rings (SSSR count). The van der Waals surface area contributed by atoms with Crippen molar-refractivity contribution in [3.8, 4) is 0 Å². The van der Waals surface area contributed by atoms with Crippen LogP contribution < -0.4 is 4.90 Å². The molecule has 172 valence electrons. The lowest BCUT2D eigenvalue weighted by molar-refractivity contribution is -0.121. The van der Waals surface area contributed by atoms with E-state index in [0.29, 0.717) is 9.93 Å². The van der Waals surface area contributed by atoms with Crippen LogP contribution in [0.25, 0.3) is 0 Å². The Kier molecular flexibility index (Phi) is 6.85. The second kappa shape index (κ2) is 9.49. The normalized spacial score (nSPS) is 20.5. The molecule has 7 nitrogen and oxygen atoms in total. The topological polar surface area (TPSA) is 82.9 Å². The molecule has 0 radical (unpaired) electrons. The summed E-state index contributed by atoms with van der Waals surface area (Å²) in [6, 6.07) is 6.63. The van der Waals surface area contributed by atoms with Gasteiger partial charge in [0.2, 0.25) is 0 Å². The number of amidine groups is 1. The molecular formula is C22H22N4O3S4. The number of thiazole rings is 1. The number of anilines is 1. The average molecular weight is 519 g/mol. The molecule has 0 spiro atoms. The van der Waals surface area contributed by atoms with E-state index in [2.05, 4.69) is 16.0 Å². The van der Waals surface area contributed by atoms with Crippen LogP contribution in [-0.4, -0.2) is 35.9 Å². The van der Waals surface area contributed by atoms with E-state index in [-0.39, 0.29) is 22.5 Å². The van der Waals surface area contributed by atoms with E-state index in [1.807, 2.05) is 31.1 Å². The minimum Gasteiger partial charge on any atom is -0.282 e. The van der Waals surface area contributed by atoms with Gasteiger partial charge in [-0.3, -0.25) is 14.6 Å². The second-order valence-electron chi connectivity index (χ2n) is 7.18. The molecule has 1 fully saturated rings.